The topological polar surface area (TPSA) is 77.8 Å². The van der Waals surface area contributed by atoms with E-state index in [1.165, 1.54) is 0 Å². The second-order valence-corrected chi connectivity index (χ2v) is 2.42. The average Bonchev–Trinajstić information content (AvgIpc) is 1.35. The van der Waals surface area contributed by atoms with Gasteiger partial charge in [-0.25, -0.2) is 0 Å². The van der Waals surface area contributed by atoms with Gasteiger partial charge >= 0.3 is 33.4 Å². The van der Waals surface area contributed by atoms with Crippen LogP contribution in [-0.2, 0) is 24.3 Å². The van der Waals surface area contributed by atoms with Gasteiger partial charge in [-0.3, -0.25) is 0 Å². The van der Waals surface area contributed by atoms with E-state index in [-0.39, 0.29) is 25.5 Å². The van der Waals surface area contributed by atoms with Gasteiger partial charge in [-0.2, -0.15) is 0 Å². The van der Waals surface area contributed by atoms with Crippen LogP contribution in [0, 0.1) is 0 Å². The second-order valence-electron chi connectivity index (χ2n) is 0.805. The van der Waals surface area contributed by atoms with Crippen LogP contribution in [0.2, 0.25) is 0 Å². The molecule has 0 spiro atoms. The molecule has 1 radical (unpaired) electrons. The molecule has 0 unspecified atom stereocenters. The van der Waals surface area contributed by atoms with Crippen LogP contribution in [0.1, 0.15) is 0 Å². The van der Waals surface area contributed by atoms with Crippen LogP contribution in [0.5, 0.6) is 0 Å². The van der Waals surface area contributed by atoms with Crippen molar-refractivity contribution in [1.82, 2.24) is 0 Å². The zero-order valence-corrected chi connectivity index (χ0v) is 5.80. The molecular weight excluding hydrogens is 210 g/mol. The third-order valence-electron chi connectivity index (χ3n) is 0.158. The molecule has 4 nitrogen and oxygen atoms in total. The average molecular weight is 215 g/mol. The molecule has 7 heavy (non-hydrogen) atoms. The van der Waals surface area contributed by atoms with Crippen LogP contribution < -0.4 is 0 Å². The summed E-state index contributed by atoms with van der Waals surface area (Å²) in [5.41, 5.74) is 0. The Morgan fingerprint density at radius 3 is 1.43 bits per heavy atom. The second kappa shape index (κ2) is 3.59. The molecule has 0 bridgehead atoms. The molecule has 0 aromatic rings. The van der Waals surface area contributed by atoms with Gasteiger partial charge in [0.2, 0.25) is 0 Å². The predicted molar refractivity (Wildman–Crippen MR) is 21.7 cm³/mol. The fourth-order valence-electron chi connectivity index (χ4n) is 0. The summed E-state index contributed by atoms with van der Waals surface area (Å²) in [6.45, 7) is 0. The van der Waals surface area contributed by atoms with E-state index in [2.05, 4.69) is 0 Å². The van der Waals surface area contributed by atoms with E-state index < -0.39 is 7.94 Å². The smallest absolute Gasteiger partial charge is 0 e. The fraction of sp³-hybridized carbons (Fsp3) is 0. The van der Waals surface area contributed by atoms with Gasteiger partial charge in [-0.05, 0) is 0 Å². The van der Waals surface area contributed by atoms with Crippen LogP contribution in [0.4, 0.5) is 0 Å². The number of hydrogen-bond donors (Lipinski definition) is 3. The van der Waals surface area contributed by atoms with E-state index in [0.29, 0.717) is 0 Å². The molecule has 0 rings (SSSR count). The summed E-state index contributed by atoms with van der Waals surface area (Å²) in [5, 5.41) is 0. The molecule has 0 saturated carbocycles. The summed E-state index contributed by atoms with van der Waals surface area (Å²) in [4.78, 5) is 32.3. The van der Waals surface area contributed by atoms with Crippen molar-refractivity contribution in [2.24, 2.45) is 0 Å². The first-order chi connectivity index (χ1) is 2.56. The summed E-state index contributed by atoms with van der Waals surface area (Å²) in [6, 6.07) is -0.257. The van der Waals surface area contributed by atoms with Crippen molar-refractivity contribution >= 4 is 14.0 Å². The normalized spacial score (nSPS) is 11.9. The number of carbonyl (C=O) groups is 1. The minimum atomic E-state index is -4.31. The summed E-state index contributed by atoms with van der Waals surface area (Å²) in [6.07, 6.45) is 0. The molecule has 0 aliphatic heterocycles. The maximum absolute atomic E-state index is 9.14. The van der Waals surface area contributed by atoms with Gasteiger partial charge < -0.3 is 0 Å². The Hall–Kier alpha value is 0.603. The van der Waals surface area contributed by atoms with Gasteiger partial charge in [0.25, 0.3) is 0 Å². The Bertz CT molecular complexity index is 57.2. The minimum absolute atomic E-state index is 0. The predicted octanol–water partition coefficient (Wildman–Crippen LogP) is -1.35. The largest absolute Gasteiger partial charge is 0 e. The molecule has 0 heterocycles. The first-order valence-corrected chi connectivity index (χ1v) is 3.11. The molecule has 0 saturated heterocycles. The van der Waals surface area contributed by atoms with Crippen LogP contribution in [0.25, 0.3) is 0 Å². The Labute approximate surface area is 53.5 Å². The van der Waals surface area contributed by atoms with Gasteiger partial charge in [0.05, 0.1) is 0 Å². The number of hydrogen-bond acceptors (Lipinski definition) is 4. The van der Waals surface area contributed by atoms with Gasteiger partial charge in [0, 0.05) is 19.5 Å². The quantitative estimate of drug-likeness (QED) is 0.287. The van der Waals surface area contributed by atoms with Gasteiger partial charge in [-0.1, -0.05) is 0 Å². The molecule has 0 aliphatic rings. The van der Waals surface area contributed by atoms with E-state index in [9.17, 15) is 0 Å². The van der Waals surface area contributed by atoms with Crippen molar-refractivity contribution in [2.45, 2.75) is 0 Å². The van der Waals surface area contributed by atoms with E-state index in [1.807, 2.05) is 0 Å². The maximum atomic E-state index is 9.14. The van der Waals surface area contributed by atoms with Crippen molar-refractivity contribution < 1.29 is 39.0 Å². The molecule has 3 N–H and O–H groups in total. The van der Waals surface area contributed by atoms with Gasteiger partial charge in [0.1, 0.15) is 0 Å². The zero-order valence-electron chi connectivity index (χ0n) is 3.16. The van der Waals surface area contributed by atoms with Crippen LogP contribution in [-0.4, -0.2) is 20.7 Å². The number of carbonyl (C=O) groups excluding carboxylic acids is 1. The van der Waals surface area contributed by atoms with Gasteiger partial charge in [-0.15, -0.1) is 0 Å². The Morgan fingerprint density at radius 2 is 1.43 bits per heavy atom. The van der Waals surface area contributed by atoms with Crippen LogP contribution in [0.15, 0.2) is 0 Å². The number of rotatable bonds is 1. The molecule has 47 valence electrons. The molecule has 0 aromatic heterocycles. The molecule has 0 aromatic carbocycles. The minimum Gasteiger partial charge on any atom is 0 e. The van der Waals surface area contributed by atoms with E-state index in [0.717, 1.165) is 0 Å². The third-order valence-corrected chi connectivity index (χ3v) is 0.474. The SMILES string of the molecule is O=C[PH](O)(O)O.[Rh]. The maximum Gasteiger partial charge on any atom is 0 e. The first kappa shape index (κ1) is 10.6. The van der Waals surface area contributed by atoms with Crippen molar-refractivity contribution in [3.05, 3.63) is 0 Å². The molecule has 0 fully saturated rings. The summed E-state index contributed by atoms with van der Waals surface area (Å²) >= 11 is 0. The first-order valence-electron chi connectivity index (χ1n) is 1.20. The van der Waals surface area contributed by atoms with Crippen molar-refractivity contribution in [1.29, 1.82) is 0 Å². The Balaban J connectivity index is 0. The van der Waals surface area contributed by atoms with Crippen LogP contribution in [0.3, 0.4) is 0 Å². The fourth-order valence-corrected chi connectivity index (χ4v) is 0. The standard InChI is InChI=1S/CH5O4P.Rh/c2-1-6(3,4)5;/h1,3-6H;. The van der Waals surface area contributed by atoms with E-state index >= 15 is 0 Å². The Morgan fingerprint density at radius 1 is 1.29 bits per heavy atom. The molecule has 0 aliphatic carbocycles. The molecule has 0 atom stereocenters. The summed E-state index contributed by atoms with van der Waals surface area (Å²) in [5.74, 6) is 0. The summed E-state index contributed by atoms with van der Waals surface area (Å²) < 4.78 is 0. The van der Waals surface area contributed by atoms with Crippen molar-refractivity contribution in [3.8, 4) is 0 Å². The molecular formula is CH5O4PRh. The van der Waals surface area contributed by atoms with Crippen molar-refractivity contribution in [2.75, 3.05) is 0 Å². The van der Waals surface area contributed by atoms with Crippen molar-refractivity contribution in [3.63, 3.8) is 0 Å². The third kappa shape index (κ3) is 10.8. The summed E-state index contributed by atoms with van der Waals surface area (Å²) in [7, 11) is -4.31. The van der Waals surface area contributed by atoms with Crippen LogP contribution >= 0.6 is 7.94 Å². The van der Waals surface area contributed by atoms with E-state index in [1.54, 1.807) is 0 Å². The zero-order chi connectivity index (χ0) is 5.21. The van der Waals surface area contributed by atoms with E-state index in [4.69, 9.17) is 19.5 Å². The molecule has 0 amide bonds. The molecule has 6 heteroatoms. The van der Waals surface area contributed by atoms with Gasteiger partial charge in [0.15, 0.2) is 0 Å². The monoisotopic (exact) mass is 215 g/mol. The Kier molecular flexibility index (Phi) is 5.41.